The number of methoxy groups -OCH3 is 2. The van der Waals surface area contributed by atoms with E-state index in [2.05, 4.69) is 18.9 Å². The fourth-order valence-electron chi connectivity index (χ4n) is 4.26. The largest absolute Gasteiger partial charge is 0.497 e. The van der Waals surface area contributed by atoms with Gasteiger partial charge in [-0.1, -0.05) is 13.8 Å². The molecular formula is C23H29N3O3S. The molecule has 2 aromatic heterocycles. The van der Waals surface area contributed by atoms with Crippen molar-refractivity contribution in [3.05, 3.63) is 40.4 Å². The molecule has 3 aromatic rings. The Kier molecular flexibility index (Phi) is 5.73. The van der Waals surface area contributed by atoms with Crippen LogP contribution in [0.1, 0.15) is 53.7 Å². The van der Waals surface area contributed by atoms with Gasteiger partial charge in [0.15, 0.2) is 0 Å². The Hall–Kier alpha value is -2.54. The maximum absolute atomic E-state index is 13.5. The number of likely N-dealkylation sites (tertiary alicyclic amines) is 1. The minimum absolute atomic E-state index is 0.0129. The van der Waals surface area contributed by atoms with Gasteiger partial charge in [0.25, 0.3) is 5.91 Å². The number of ether oxygens (including phenoxy) is 2. The molecule has 1 amide bonds. The van der Waals surface area contributed by atoms with E-state index >= 15 is 0 Å². The van der Waals surface area contributed by atoms with Gasteiger partial charge in [0.1, 0.15) is 16.3 Å². The van der Waals surface area contributed by atoms with E-state index < -0.39 is 0 Å². The third-order valence-corrected chi connectivity index (χ3v) is 6.80. The SMILES string of the molecule is COc1ccc(OC)c([C@@H]2CCCN2C(=O)c2cc3c(C)nn(CC(C)C)c3s2)c1. The number of fused-ring (bicyclic) bond motifs is 1. The number of carbonyl (C=O) groups is 1. The van der Waals surface area contributed by atoms with Crippen LogP contribution in [-0.2, 0) is 6.54 Å². The van der Waals surface area contributed by atoms with Gasteiger partial charge in [-0.2, -0.15) is 5.10 Å². The summed E-state index contributed by atoms with van der Waals surface area (Å²) in [5, 5.41) is 5.75. The molecule has 0 spiro atoms. The van der Waals surface area contributed by atoms with Crippen LogP contribution in [0.5, 0.6) is 11.5 Å². The first-order chi connectivity index (χ1) is 14.4. The molecule has 0 radical (unpaired) electrons. The van der Waals surface area contributed by atoms with Gasteiger partial charge in [-0.25, -0.2) is 0 Å². The summed E-state index contributed by atoms with van der Waals surface area (Å²) in [5.74, 6) is 2.15. The van der Waals surface area contributed by atoms with Crippen LogP contribution in [-0.4, -0.2) is 41.4 Å². The van der Waals surface area contributed by atoms with Gasteiger partial charge in [0.2, 0.25) is 0 Å². The molecule has 6 nitrogen and oxygen atoms in total. The number of carbonyl (C=O) groups excluding carboxylic acids is 1. The number of nitrogens with zero attached hydrogens (tertiary/aromatic N) is 3. The van der Waals surface area contributed by atoms with Gasteiger partial charge < -0.3 is 14.4 Å². The topological polar surface area (TPSA) is 56.6 Å². The van der Waals surface area contributed by atoms with Crippen molar-refractivity contribution in [1.82, 2.24) is 14.7 Å². The lowest BCUT2D eigenvalue weighted by Crippen LogP contribution is -2.30. The van der Waals surface area contributed by atoms with Crippen LogP contribution in [0.3, 0.4) is 0 Å². The van der Waals surface area contributed by atoms with Gasteiger partial charge in [0, 0.05) is 24.0 Å². The third-order valence-electron chi connectivity index (χ3n) is 5.67. The summed E-state index contributed by atoms with van der Waals surface area (Å²) >= 11 is 1.55. The van der Waals surface area contributed by atoms with E-state index in [0.29, 0.717) is 5.92 Å². The zero-order valence-electron chi connectivity index (χ0n) is 18.3. The fourth-order valence-corrected chi connectivity index (χ4v) is 5.39. The third kappa shape index (κ3) is 3.67. The smallest absolute Gasteiger partial charge is 0.264 e. The minimum atomic E-state index is -0.0129. The molecule has 1 aliphatic rings. The van der Waals surface area contributed by atoms with Crippen LogP contribution >= 0.6 is 11.3 Å². The van der Waals surface area contributed by atoms with E-state index in [1.807, 2.05) is 40.8 Å². The van der Waals surface area contributed by atoms with E-state index in [0.717, 1.165) is 63.8 Å². The van der Waals surface area contributed by atoms with E-state index in [1.165, 1.54) is 0 Å². The number of benzene rings is 1. The van der Waals surface area contributed by atoms with Crippen LogP contribution in [0.2, 0.25) is 0 Å². The lowest BCUT2D eigenvalue weighted by molar-refractivity contribution is 0.0739. The molecule has 160 valence electrons. The lowest BCUT2D eigenvalue weighted by Gasteiger charge is -2.26. The normalized spacial score (nSPS) is 16.6. The van der Waals surface area contributed by atoms with Crippen molar-refractivity contribution < 1.29 is 14.3 Å². The second-order valence-electron chi connectivity index (χ2n) is 8.26. The average molecular weight is 428 g/mol. The summed E-state index contributed by atoms with van der Waals surface area (Å²) < 4.78 is 13.1. The number of hydrogen-bond donors (Lipinski definition) is 0. The highest BCUT2D eigenvalue weighted by Gasteiger charge is 2.34. The zero-order chi connectivity index (χ0) is 21.4. The molecule has 3 heterocycles. The van der Waals surface area contributed by atoms with Crippen LogP contribution < -0.4 is 9.47 Å². The first-order valence-corrected chi connectivity index (χ1v) is 11.2. The quantitative estimate of drug-likeness (QED) is 0.552. The standard InChI is InChI=1S/C23H29N3O3S/c1-14(2)13-26-23-17(15(3)24-26)12-21(30-23)22(27)25-10-6-7-19(25)18-11-16(28-4)8-9-20(18)29-5/h8-9,11-12,14,19H,6-7,10,13H2,1-5H3/t19-/m0/s1. The van der Waals surface area contributed by atoms with Crippen molar-refractivity contribution in [2.75, 3.05) is 20.8 Å². The highest BCUT2D eigenvalue weighted by molar-refractivity contribution is 7.20. The first kappa shape index (κ1) is 20.7. The molecule has 0 bridgehead atoms. The Morgan fingerprint density at radius 3 is 2.77 bits per heavy atom. The fraction of sp³-hybridized carbons (Fsp3) is 0.478. The Morgan fingerprint density at radius 1 is 1.27 bits per heavy atom. The lowest BCUT2D eigenvalue weighted by atomic mass is 10.0. The molecule has 0 N–H and O–H groups in total. The molecular weight excluding hydrogens is 398 g/mol. The van der Waals surface area contributed by atoms with E-state index in [4.69, 9.17) is 9.47 Å². The van der Waals surface area contributed by atoms with Crippen molar-refractivity contribution in [3.8, 4) is 11.5 Å². The van der Waals surface area contributed by atoms with Gasteiger partial charge in [-0.15, -0.1) is 11.3 Å². The molecule has 30 heavy (non-hydrogen) atoms. The van der Waals surface area contributed by atoms with Crippen molar-refractivity contribution in [3.63, 3.8) is 0 Å². The van der Waals surface area contributed by atoms with Gasteiger partial charge in [0.05, 0.1) is 30.8 Å². The van der Waals surface area contributed by atoms with Crippen LogP contribution in [0.25, 0.3) is 10.2 Å². The molecule has 4 rings (SSSR count). The predicted octanol–water partition coefficient (Wildman–Crippen LogP) is 5.06. The Morgan fingerprint density at radius 2 is 2.07 bits per heavy atom. The first-order valence-electron chi connectivity index (χ1n) is 10.4. The Balaban J connectivity index is 1.68. The monoisotopic (exact) mass is 427 g/mol. The predicted molar refractivity (Wildman–Crippen MR) is 120 cm³/mol. The van der Waals surface area contributed by atoms with Crippen molar-refractivity contribution in [1.29, 1.82) is 0 Å². The summed E-state index contributed by atoms with van der Waals surface area (Å²) in [7, 11) is 3.32. The summed E-state index contributed by atoms with van der Waals surface area (Å²) in [5.41, 5.74) is 1.99. The summed E-state index contributed by atoms with van der Waals surface area (Å²) in [6.07, 6.45) is 1.89. The van der Waals surface area contributed by atoms with E-state index in [1.54, 1.807) is 25.6 Å². The summed E-state index contributed by atoms with van der Waals surface area (Å²) in [6, 6.07) is 7.79. The molecule has 1 aromatic carbocycles. The molecule has 0 unspecified atom stereocenters. The summed E-state index contributed by atoms with van der Waals surface area (Å²) in [4.78, 5) is 17.4. The Labute approximate surface area is 181 Å². The van der Waals surface area contributed by atoms with Gasteiger partial charge in [-0.3, -0.25) is 9.48 Å². The van der Waals surface area contributed by atoms with Crippen LogP contribution in [0, 0.1) is 12.8 Å². The molecule has 1 saturated heterocycles. The van der Waals surface area contributed by atoms with E-state index in [9.17, 15) is 4.79 Å². The number of aromatic nitrogens is 2. The molecule has 1 atom stereocenters. The van der Waals surface area contributed by atoms with E-state index in [-0.39, 0.29) is 11.9 Å². The molecule has 1 aliphatic heterocycles. The van der Waals surface area contributed by atoms with Crippen LogP contribution in [0.4, 0.5) is 0 Å². The second kappa shape index (κ2) is 8.30. The number of rotatable bonds is 6. The molecule has 0 aliphatic carbocycles. The van der Waals surface area contributed by atoms with Crippen molar-refractivity contribution in [2.24, 2.45) is 5.92 Å². The van der Waals surface area contributed by atoms with Gasteiger partial charge >= 0.3 is 0 Å². The highest BCUT2D eigenvalue weighted by Crippen LogP contribution is 2.40. The highest BCUT2D eigenvalue weighted by atomic mass is 32.1. The number of thiophene rings is 1. The molecule has 0 saturated carbocycles. The average Bonchev–Trinajstić information content (AvgIpc) is 3.44. The van der Waals surface area contributed by atoms with Crippen molar-refractivity contribution >= 4 is 27.5 Å². The molecule has 7 heteroatoms. The number of hydrogen-bond acceptors (Lipinski definition) is 5. The maximum atomic E-state index is 13.5. The summed E-state index contributed by atoms with van der Waals surface area (Å²) in [6.45, 7) is 7.97. The van der Waals surface area contributed by atoms with Gasteiger partial charge in [-0.05, 0) is 49.9 Å². The van der Waals surface area contributed by atoms with Crippen LogP contribution in [0.15, 0.2) is 24.3 Å². The minimum Gasteiger partial charge on any atom is -0.497 e. The number of amides is 1. The second-order valence-corrected chi connectivity index (χ2v) is 9.29. The maximum Gasteiger partial charge on any atom is 0.264 e. The number of aryl methyl sites for hydroxylation is 1. The van der Waals surface area contributed by atoms with Crippen molar-refractivity contribution in [2.45, 2.75) is 46.2 Å². The zero-order valence-corrected chi connectivity index (χ0v) is 19.1. The Bertz CT molecular complexity index is 1070. The molecule has 1 fully saturated rings.